The zero-order valence-electron chi connectivity index (χ0n) is 11.3. The standard InChI is InChI=1S/C13H14ClF3N4/c1-18-4-2-3-9-6-20-21(8-9)12-11(14)5-10(7-19-12)13(15,16)17/h5-8,18H,2-4H2,1H3. The molecule has 114 valence electrons. The Bertz CT molecular complexity index is 610. The number of pyridine rings is 1. The molecule has 0 spiro atoms. The topological polar surface area (TPSA) is 42.7 Å². The highest BCUT2D eigenvalue weighted by Crippen LogP contribution is 2.31. The molecule has 0 aromatic carbocycles. The lowest BCUT2D eigenvalue weighted by Gasteiger charge is -2.08. The molecule has 8 heteroatoms. The van der Waals surface area contributed by atoms with E-state index in [1.807, 2.05) is 7.05 Å². The zero-order chi connectivity index (χ0) is 15.5. The third-order valence-corrected chi connectivity index (χ3v) is 3.17. The van der Waals surface area contributed by atoms with Gasteiger partial charge in [0, 0.05) is 12.4 Å². The Kier molecular flexibility index (Phi) is 4.84. The van der Waals surface area contributed by atoms with Crippen LogP contribution in [0.15, 0.2) is 24.7 Å². The summed E-state index contributed by atoms with van der Waals surface area (Å²) in [5.74, 6) is 0.185. The highest BCUT2D eigenvalue weighted by Gasteiger charge is 2.31. The minimum atomic E-state index is -4.46. The van der Waals surface area contributed by atoms with Crippen molar-refractivity contribution in [3.8, 4) is 5.82 Å². The first kappa shape index (κ1) is 15.8. The molecule has 2 heterocycles. The Morgan fingerprint density at radius 3 is 2.71 bits per heavy atom. The summed E-state index contributed by atoms with van der Waals surface area (Å²) in [5, 5.41) is 7.04. The van der Waals surface area contributed by atoms with Gasteiger partial charge in [-0.15, -0.1) is 0 Å². The van der Waals surface area contributed by atoms with Crippen LogP contribution in [0, 0.1) is 0 Å². The van der Waals surface area contributed by atoms with Crippen LogP contribution in [0.3, 0.4) is 0 Å². The molecule has 0 aliphatic carbocycles. The monoisotopic (exact) mass is 318 g/mol. The van der Waals surface area contributed by atoms with Gasteiger partial charge >= 0.3 is 6.18 Å². The third kappa shape index (κ3) is 3.95. The average Bonchev–Trinajstić information content (AvgIpc) is 2.86. The second-order valence-electron chi connectivity index (χ2n) is 4.53. The van der Waals surface area contributed by atoms with E-state index < -0.39 is 11.7 Å². The van der Waals surface area contributed by atoms with E-state index in [2.05, 4.69) is 15.4 Å². The molecular weight excluding hydrogens is 305 g/mol. The van der Waals surface area contributed by atoms with Crippen LogP contribution in [0.25, 0.3) is 5.82 Å². The number of hydrogen-bond acceptors (Lipinski definition) is 3. The van der Waals surface area contributed by atoms with E-state index in [4.69, 9.17) is 11.6 Å². The van der Waals surface area contributed by atoms with E-state index in [9.17, 15) is 13.2 Å². The molecule has 0 bridgehead atoms. The van der Waals surface area contributed by atoms with Gasteiger partial charge in [0.05, 0.1) is 16.8 Å². The fourth-order valence-corrected chi connectivity index (χ4v) is 2.08. The predicted octanol–water partition coefficient (Wildman–Crippen LogP) is 3.09. The molecule has 0 aliphatic rings. The summed E-state index contributed by atoms with van der Waals surface area (Å²) < 4.78 is 39.0. The summed E-state index contributed by atoms with van der Waals surface area (Å²) in [6.45, 7) is 0.879. The molecule has 2 aromatic rings. The first-order valence-electron chi connectivity index (χ1n) is 6.33. The highest BCUT2D eigenvalue weighted by atomic mass is 35.5. The van der Waals surface area contributed by atoms with Crippen LogP contribution in [0.1, 0.15) is 17.5 Å². The fourth-order valence-electron chi connectivity index (χ4n) is 1.83. The van der Waals surface area contributed by atoms with E-state index in [-0.39, 0.29) is 10.8 Å². The van der Waals surface area contributed by atoms with Crippen LogP contribution in [0.2, 0.25) is 5.02 Å². The number of aryl methyl sites for hydroxylation is 1. The largest absolute Gasteiger partial charge is 0.417 e. The van der Waals surface area contributed by atoms with Crippen molar-refractivity contribution >= 4 is 11.6 Å². The maximum absolute atomic E-state index is 12.6. The average molecular weight is 319 g/mol. The number of hydrogen-bond donors (Lipinski definition) is 1. The number of alkyl halides is 3. The van der Waals surface area contributed by atoms with Gasteiger partial charge in [-0.3, -0.25) is 0 Å². The van der Waals surface area contributed by atoms with Gasteiger partial charge in [-0.25, -0.2) is 9.67 Å². The maximum atomic E-state index is 12.6. The van der Waals surface area contributed by atoms with Crippen molar-refractivity contribution < 1.29 is 13.2 Å². The van der Waals surface area contributed by atoms with Crippen LogP contribution >= 0.6 is 11.6 Å². The van der Waals surface area contributed by atoms with Crippen LogP contribution in [0.4, 0.5) is 13.2 Å². The lowest BCUT2D eigenvalue weighted by Crippen LogP contribution is -2.08. The lowest BCUT2D eigenvalue weighted by molar-refractivity contribution is -0.137. The fraction of sp³-hybridized carbons (Fsp3) is 0.385. The van der Waals surface area contributed by atoms with Gasteiger partial charge < -0.3 is 5.32 Å². The first-order valence-corrected chi connectivity index (χ1v) is 6.71. The first-order chi connectivity index (χ1) is 9.91. The van der Waals surface area contributed by atoms with Gasteiger partial charge in [0.1, 0.15) is 0 Å². The Hall–Kier alpha value is -1.60. The Labute approximate surface area is 124 Å². The second kappa shape index (κ2) is 6.44. The number of halogens is 4. The lowest BCUT2D eigenvalue weighted by atomic mass is 10.2. The van der Waals surface area contributed by atoms with Gasteiger partial charge in [-0.05, 0) is 38.1 Å². The summed E-state index contributed by atoms with van der Waals surface area (Å²) in [5.41, 5.74) is 0.0978. The molecule has 4 nitrogen and oxygen atoms in total. The van der Waals surface area contributed by atoms with Crippen LogP contribution in [-0.4, -0.2) is 28.4 Å². The Balaban J connectivity index is 2.19. The highest BCUT2D eigenvalue weighted by molar-refractivity contribution is 6.32. The van der Waals surface area contributed by atoms with Crippen molar-refractivity contribution in [1.82, 2.24) is 20.1 Å². The quantitative estimate of drug-likeness (QED) is 0.862. The number of nitrogens with zero attached hydrogens (tertiary/aromatic N) is 3. The smallest absolute Gasteiger partial charge is 0.320 e. The molecule has 0 radical (unpaired) electrons. The molecule has 0 atom stereocenters. The molecule has 0 saturated heterocycles. The van der Waals surface area contributed by atoms with Gasteiger partial charge in [0.15, 0.2) is 5.82 Å². The molecule has 0 amide bonds. The molecule has 0 unspecified atom stereocenters. The minimum absolute atomic E-state index is 0.0882. The normalized spacial score (nSPS) is 11.9. The summed E-state index contributed by atoms with van der Waals surface area (Å²) in [6, 6.07) is 0.853. The summed E-state index contributed by atoms with van der Waals surface area (Å²) in [7, 11) is 1.87. The van der Waals surface area contributed by atoms with Crippen molar-refractivity contribution in [2.75, 3.05) is 13.6 Å². The molecule has 21 heavy (non-hydrogen) atoms. The van der Waals surface area contributed by atoms with Crippen molar-refractivity contribution in [2.24, 2.45) is 0 Å². The molecule has 2 rings (SSSR count). The molecule has 0 saturated carbocycles. The Morgan fingerprint density at radius 1 is 1.33 bits per heavy atom. The van der Waals surface area contributed by atoms with Crippen LogP contribution < -0.4 is 5.32 Å². The van der Waals surface area contributed by atoms with E-state index in [0.717, 1.165) is 37.2 Å². The van der Waals surface area contributed by atoms with E-state index >= 15 is 0 Å². The summed E-state index contributed by atoms with van der Waals surface area (Å²) in [6.07, 6.45) is 1.43. The Morgan fingerprint density at radius 2 is 2.10 bits per heavy atom. The molecule has 0 aliphatic heterocycles. The number of aromatic nitrogens is 3. The second-order valence-corrected chi connectivity index (χ2v) is 4.93. The van der Waals surface area contributed by atoms with E-state index in [1.165, 1.54) is 4.68 Å². The minimum Gasteiger partial charge on any atom is -0.320 e. The van der Waals surface area contributed by atoms with Crippen LogP contribution in [-0.2, 0) is 12.6 Å². The van der Waals surface area contributed by atoms with Gasteiger partial charge in [-0.1, -0.05) is 11.6 Å². The molecule has 0 fully saturated rings. The van der Waals surface area contributed by atoms with Crippen molar-refractivity contribution in [3.63, 3.8) is 0 Å². The SMILES string of the molecule is CNCCCc1cnn(-c2ncc(C(F)(F)F)cc2Cl)c1. The molecule has 2 aromatic heterocycles. The molecule has 1 N–H and O–H groups in total. The zero-order valence-corrected chi connectivity index (χ0v) is 12.0. The van der Waals surface area contributed by atoms with E-state index in [0.29, 0.717) is 0 Å². The number of nitrogens with one attached hydrogen (secondary N) is 1. The summed E-state index contributed by atoms with van der Waals surface area (Å²) in [4.78, 5) is 3.76. The van der Waals surface area contributed by atoms with Crippen molar-refractivity contribution in [1.29, 1.82) is 0 Å². The predicted molar refractivity (Wildman–Crippen MR) is 73.6 cm³/mol. The van der Waals surface area contributed by atoms with Gasteiger partial charge in [0.25, 0.3) is 0 Å². The number of rotatable bonds is 5. The third-order valence-electron chi connectivity index (χ3n) is 2.89. The molecular formula is C13H14ClF3N4. The summed E-state index contributed by atoms with van der Waals surface area (Å²) >= 11 is 5.87. The van der Waals surface area contributed by atoms with Gasteiger partial charge in [-0.2, -0.15) is 18.3 Å². The maximum Gasteiger partial charge on any atom is 0.417 e. The van der Waals surface area contributed by atoms with E-state index in [1.54, 1.807) is 12.4 Å². The van der Waals surface area contributed by atoms with Gasteiger partial charge in [0.2, 0.25) is 0 Å². The van der Waals surface area contributed by atoms with Crippen molar-refractivity contribution in [3.05, 3.63) is 40.8 Å². The van der Waals surface area contributed by atoms with Crippen molar-refractivity contribution in [2.45, 2.75) is 19.0 Å². The van der Waals surface area contributed by atoms with Crippen LogP contribution in [0.5, 0.6) is 0 Å².